The van der Waals surface area contributed by atoms with Gasteiger partial charge in [-0.05, 0) is 50.5 Å². The first-order chi connectivity index (χ1) is 14.2. The first-order valence-electron chi connectivity index (χ1n) is 10.3. The molecule has 2 aromatic rings. The maximum Gasteiger partial charge on any atom is 0.252 e. The molecule has 0 atom stereocenters. The minimum absolute atomic E-state index is 0.0619. The SMILES string of the molecule is CC(C)N(C)S(=O)(=O)c1ccc(Cl)c(C(=O)NCC2(c3ccccc3)CCCC2)c1. The van der Waals surface area contributed by atoms with Crippen LogP contribution in [0, 0.1) is 0 Å². The zero-order chi connectivity index (χ0) is 21.9. The number of benzene rings is 2. The second-order valence-electron chi connectivity index (χ2n) is 8.29. The third-order valence-electron chi connectivity index (χ3n) is 6.12. The van der Waals surface area contributed by atoms with Gasteiger partial charge in [0.25, 0.3) is 5.91 Å². The van der Waals surface area contributed by atoms with Gasteiger partial charge in [-0.25, -0.2) is 8.42 Å². The molecule has 1 aliphatic carbocycles. The smallest absolute Gasteiger partial charge is 0.252 e. The van der Waals surface area contributed by atoms with Crippen LogP contribution in [-0.2, 0) is 15.4 Å². The maximum absolute atomic E-state index is 13.0. The lowest BCUT2D eigenvalue weighted by Crippen LogP contribution is -2.39. The van der Waals surface area contributed by atoms with Gasteiger partial charge in [-0.1, -0.05) is 54.8 Å². The predicted molar refractivity (Wildman–Crippen MR) is 120 cm³/mol. The van der Waals surface area contributed by atoms with Gasteiger partial charge in [-0.2, -0.15) is 4.31 Å². The number of halogens is 1. The van der Waals surface area contributed by atoms with Crippen LogP contribution in [0.2, 0.25) is 5.02 Å². The molecule has 2 aromatic carbocycles. The molecule has 30 heavy (non-hydrogen) atoms. The van der Waals surface area contributed by atoms with E-state index in [-0.39, 0.29) is 32.8 Å². The number of hydrogen-bond donors (Lipinski definition) is 1. The molecule has 5 nitrogen and oxygen atoms in total. The Kier molecular flexibility index (Phi) is 6.90. The lowest BCUT2D eigenvalue weighted by molar-refractivity contribution is 0.0943. The van der Waals surface area contributed by atoms with E-state index in [4.69, 9.17) is 11.6 Å². The van der Waals surface area contributed by atoms with E-state index in [0.29, 0.717) is 6.54 Å². The second-order valence-corrected chi connectivity index (χ2v) is 10.7. The Morgan fingerprint density at radius 3 is 2.37 bits per heavy atom. The summed E-state index contributed by atoms with van der Waals surface area (Å²) < 4.78 is 26.9. The zero-order valence-electron chi connectivity index (χ0n) is 17.7. The summed E-state index contributed by atoms with van der Waals surface area (Å²) in [5.41, 5.74) is 1.31. The minimum Gasteiger partial charge on any atom is -0.351 e. The van der Waals surface area contributed by atoms with Crippen molar-refractivity contribution in [3.63, 3.8) is 0 Å². The number of amides is 1. The van der Waals surface area contributed by atoms with E-state index in [0.717, 1.165) is 25.7 Å². The Morgan fingerprint density at radius 2 is 1.77 bits per heavy atom. The molecule has 0 aliphatic heterocycles. The average molecular weight is 449 g/mol. The molecule has 1 N–H and O–H groups in total. The molecule has 0 heterocycles. The standard InChI is InChI=1S/C23H29ClN2O3S/c1-17(2)26(3)30(28,29)19-11-12-21(24)20(15-19)22(27)25-16-23(13-7-8-14-23)18-9-5-4-6-10-18/h4-6,9-12,15,17H,7-8,13-14,16H2,1-3H3,(H,25,27). The van der Waals surface area contributed by atoms with E-state index in [2.05, 4.69) is 17.4 Å². The van der Waals surface area contributed by atoms with Crippen molar-refractivity contribution >= 4 is 27.5 Å². The van der Waals surface area contributed by atoms with E-state index in [9.17, 15) is 13.2 Å². The summed E-state index contributed by atoms with van der Waals surface area (Å²) in [5.74, 6) is -0.355. The van der Waals surface area contributed by atoms with Gasteiger partial charge in [0.15, 0.2) is 0 Å². The summed E-state index contributed by atoms with van der Waals surface area (Å²) in [5, 5.41) is 3.25. The van der Waals surface area contributed by atoms with Crippen molar-refractivity contribution in [2.45, 2.75) is 55.9 Å². The summed E-state index contributed by atoms with van der Waals surface area (Å²) in [6, 6.07) is 14.3. The normalized spacial score (nSPS) is 16.2. The predicted octanol–water partition coefficient (Wildman–Crippen LogP) is 4.61. The van der Waals surface area contributed by atoms with Gasteiger partial charge in [0, 0.05) is 25.0 Å². The largest absolute Gasteiger partial charge is 0.351 e. The van der Waals surface area contributed by atoms with E-state index in [1.807, 2.05) is 18.2 Å². The van der Waals surface area contributed by atoms with Gasteiger partial charge in [0.1, 0.15) is 0 Å². The molecular formula is C23H29ClN2O3S. The molecule has 1 saturated carbocycles. The van der Waals surface area contributed by atoms with Crippen molar-refractivity contribution in [1.29, 1.82) is 0 Å². The fraction of sp³-hybridized carbons (Fsp3) is 0.435. The van der Waals surface area contributed by atoms with Crippen molar-refractivity contribution in [2.75, 3.05) is 13.6 Å². The van der Waals surface area contributed by atoms with Crippen LogP contribution < -0.4 is 5.32 Å². The van der Waals surface area contributed by atoms with Gasteiger partial charge in [0.05, 0.1) is 15.5 Å². The molecule has 3 rings (SSSR count). The van der Waals surface area contributed by atoms with Crippen LogP contribution in [0.4, 0.5) is 0 Å². The molecule has 0 aromatic heterocycles. The third kappa shape index (κ3) is 4.56. The maximum atomic E-state index is 13.0. The van der Waals surface area contributed by atoms with E-state index in [1.165, 1.54) is 35.1 Å². The van der Waals surface area contributed by atoms with Crippen LogP contribution in [0.15, 0.2) is 53.4 Å². The van der Waals surface area contributed by atoms with E-state index in [1.54, 1.807) is 13.8 Å². The highest BCUT2D eigenvalue weighted by atomic mass is 35.5. The zero-order valence-corrected chi connectivity index (χ0v) is 19.3. The Hall–Kier alpha value is -1.89. The van der Waals surface area contributed by atoms with Crippen molar-refractivity contribution in [3.8, 4) is 0 Å². The van der Waals surface area contributed by atoms with Crippen molar-refractivity contribution in [2.24, 2.45) is 0 Å². The number of sulfonamides is 1. The van der Waals surface area contributed by atoms with Gasteiger partial charge in [-0.15, -0.1) is 0 Å². The number of carbonyl (C=O) groups excluding carboxylic acids is 1. The fourth-order valence-corrected chi connectivity index (χ4v) is 5.64. The van der Waals surface area contributed by atoms with Crippen LogP contribution in [-0.4, -0.2) is 38.3 Å². The van der Waals surface area contributed by atoms with E-state index >= 15 is 0 Å². The highest BCUT2D eigenvalue weighted by Crippen LogP contribution is 2.40. The monoisotopic (exact) mass is 448 g/mol. The summed E-state index contributed by atoms with van der Waals surface area (Å²) in [6.45, 7) is 4.09. The summed E-state index contributed by atoms with van der Waals surface area (Å²) >= 11 is 6.26. The van der Waals surface area contributed by atoms with Crippen LogP contribution in [0.25, 0.3) is 0 Å². The minimum atomic E-state index is -3.70. The summed E-state index contributed by atoms with van der Waals surface area (Å²) in [7, 11) is -2.18. The molecule has 0 saturated heterocycles. The molecule has 0 spiro atoms. The number of carbonyl (C=O) groups is 1. The Labute approximate surface area is 184 Å². The first-order valence-corrected chi connectivity index (χ1v) is 12.1. The van der Waals surface area contributed by atoms with Crippen molar-refractivity contribution in [1.82, 2.24) is 9.62 Å². The van der Waals surface area contributed by atoms with Crippen molar-refractivity contribution < 1.29 is 13.2 Å². The molecule has 1 amide bonds. The average Bonchev–Trinajstić information content (AvgIpc) is 3.22. The third-order valence-corrected chi connectivity index (χ3v) is 8.48. The van der Waals surface area contributed by atoms with Crippen LogP contribution in [0.1, 0.15) is 55.5 Å². The van der Waals surface area contributed by atoms with Gasteiger partial charge in [-0.3, -0.25) is 4.79 Å². The lowest BCUT2D eigenvalue weighted by atomic mass is 9.79. The van der Waals surface area contributed by atoms with Gasteiger partial charge in [0.2, 0.25) is 10.0 Å². The number of rotatable bonds is 7. The number of nitrogens with one attached hydrogen (secondary N) is 1. The second kappa shape index (κ2) is 9.08. The Morgan fingerprint density at radius 1 is 1.13 bits per heavy atom. The molecule has 7 heteroatoms. The van der Waals surface area contributed by atoms with Crippen LogP contribution >= 0.6 is 11.6 Å². The van der Waals surface area contributed by atoms with Crippen molar-refractivity contribution in [3.05, 3.63) is 64.7 Å². The number of hydrogen-bond acceptors (Lipinski definition) is 3. The summed E-state index contributed by atoms with van der Waals surface area (Å²) in [6.07, 6.45) is 4.28. The Balaban J connectivity index is 1.83. The topological polar surface area (TPSA) is 66.5 Å². The van der Waals surface area contributed by atoms with Gasteiger partial charge >= 0.3 is 0 Å². The van der Waals surface area contributed by atoms with Crippen LogP contribution in [0.5, 0.6) is 0 Å². The summed E-state index contributed by atoms with van der Waals surface area (Å²) in [4.78, 5) is 13.0. The quantitative estimate of drug-likeness (QED) is 0.672. The highest BCUT2D eigenvalue weighted by Gasteiger charge is 2.36. The van der Waals surface area contributed by atoms with Gasteiger partial charge < -0.3 is 5.32 Å². The fourth-order valence-electron chi connectivity index (χ4n) is 4.04. The Bertz CT molecular complexity index is 1000. The lowest BCUT2D eigenvalue weighted by Gasteiger charge is -2.30. The molecular weight excluding hydrogens is 420 g/mol. The van der Waals surface area contributed by atoms with Crippen LogP contribution in [0.3, 0.4) is 0 Å². The molecule has 162 valence electrons. The molecule has 0 radical (unpaired) electrons. The highest BCUT2D eigenvalue weighted by molar-refractivity contribution is 7.89. The molecule has 0 bridgehead atoms. The molecule has 1 fully saturated rings. The number of nitrogens with zero attached hydrogens (tertiary/aromatic N) is 1. The molecule has 0 unspecified atom stereocenters. The molecule has 1 aliphatic rings. The van der Waals surface area contributed by atoms with E-state index < -0.39 is 10.0 Å². The first kappa shape index (κ1) is 22.8.